The van der Waals surface area contributed by atoms with E-state index in [1.165, 1.54) is 10.8 Å². The van der Waals surface area contributed by atoms with Crippen molar-refractivity contribution in [2.45, 2.75) is 13.5 Å². The average molecular weight is 448 g/mol. The third-order valence-corrected chi connectivity index (χ3v) is 5.81. The van der Waals surface area contributed by atoms with Crippen molar-refractivity contribution in [3.05, 3.63) is 108 Å². The van der Waals surface area contributed by atoms with Gasteiger partial charge >= 0.3 is 0 Å². The molecule has 1 heterocycles. The zero-order chi connectivity index (χ0) is 23.3. The fourth-order valence-electron chi connectivity index (χ4n) is 4.08. The number of H-pyrrole nitrogens is 1. The summed E-state index contributed by atoms with van der Waals surface area (Å²) in [5, 5.41) is 13.0. The van der Waals surface area contributed by atoms with Gasteiger partial charge in [-0.1, -0.05) is 72.8 Å². The molecule has 5 nitrogen and oxygen atoms in total. The molecule has 5 aromatic rings. The zero-order valence-corrected chi connectivity index (χ0v) is 18.9. The molecule has 4 aromatic carbocycles. The summed E-state index contributed by atoms with van der Waals surface area (Å²) >= 11 is 0. The van der Waals surface area contributed by atoms with Gasteiger partial charge < -0.3 is 10.1 Å². The molecule has 0 aliphatic heterocycles. The van der Waals surface area contributed by atoms with Crippen molar-refractivity contribution in [2.75, 3.05) is 6.61 Å². The molecule has 0 unspecified atom stereocenters. The van der Waals surface area contributed by atoms with E-state index in [-0.39, 0.29) is 5.91 Å². The van der Waals surface area contributed by atoms with E-state index in [9.17, 15) is 4.79 Å². The third kappa shape index (κ3) is 4.41. The lowest BCUT2D eigenvalue weighted by molar-refractivity contribution is 0.0950. The summed E-state index contributed by atoms with van der Waals surface area (Å²) in [7, 11) is 0. The fourth-order valence-corrected chi connectivity index (χ4v) is 4.08. The molecule has 168 valence electrons. The maximum absolute atomic E-state index is 12.7. The first-order valence-electron chi connectivity index (χ1n) is 11.4. The summed E-state index contributed by atoms with van der Waals surface area (Å²) < 4.78 is 5.64. The van der Waals surface area contributed by atoms with E-state index in [0.717, 1.165) is 33.8 Å². The second-order valence-corrected chi connectivity index (χ2v) is 7.99. The highest BCUT2D eigenvalue weighted by Gasteiger charge is 2.11. The number of hydrogen-bond acceptors (Lipinski definition) is 3. The number of carbonyl (C=O) groups excluding carboxylic acids is 1. The van der Waals surface area contributed by atoms with Crippen LogP contribution < -0.4 is 10.1 Å². The molecule has 34 heavy (non-hydrogen) atoms. The molecule has 1 amide bonds. The van der Waals surface area contributed by atoms with Gasteiger partial charge in [-0.3, -0.25) is 9.89 Å². The Morgan fingerprint density at radius 2 is 1.68 bits per heavy atom. The first-order chi connectivity index (χ1) is 16.7. The van der Waals surface area contributed by atoms with E-state index in [2.05, 4.69) is 45.8 Å². The van der Waals surface area contributed by atoms with Crippen LogP contribution in [0.1, 0.15) is 22.8 Å². The molecule has 0 saturated heterocycles. The molecule has 0 radical (unpaired) electrons. The minimum absolute atomic E-state index is 0.128. The highest BCUT2D eigenvalue weighted by molar-refractivity contribution is 5.96. The number of aromatic amines is 1. The molecular weight excluding hydrogens is 422 g/mol. The number of fused-ring (bicyclic) bond motifs is 1. The second kappa shape index (κ2) is 9.63. The van der Waals surface area contributed by atoms with Crippen molar-refractivity contribution in [1.82, 2.24) is 15.5 Å². The summed E-state index contributed by atoms with van der Waals surface area (Å²) in [6.07, 6.45) is 0. The minimum atomic E-state index is -0.128. The summed E-state index contributed by atoms with van der Waals surface area (Å²) in [6.45, 7) is 2.94. The van der Waals surface area contributed by atoms with E-state index in [0.29, 0.717) is 18.7 Å². The Morgan fingerprint density at radius 1 is 0.912 bits per heavy atom. The van der Waals surface area contributed by atoms with Crippen LogP contribution in [-0.4, -0.2) is 22.7 Å². The number of ether oxygens (including phenoxy) is 1. The number of amides is 1. The van der Waals surface area contributed by atoms with Crippen LogP contribution in [0.5, 0.6) is 5.75 Å². The monoisotopic (exact) mass is 447 g/mol. The molecule has 5 rings (SSSR count). The molecule has 0 atom stereocenters. The van der Waals surface area contributed by atoms with Crippen LogP contribution in [0.25, 0.3) is 33.3 Å². The van der Waals surface area contributed by atoms with Gasteiger partial charge in [0.2, 0.25) is 0 Å². The first kappa shape index (κ1) is 21.5. The number of hydrogen-bond donors (Lipinski definition) is 2. The molecule has 5 heteroatoms. The number of para-hydroxylation sites is 1. The number of nitrogens with one attached hydrogen (secondary N) is 2. The van der Waals surface area contributed by atoms with Crippen molar-refractivity contribution in [3.8, 4) is 28.3 Å². The summed E-state index contributed by atoms with van der Waals surface area (Å²) in [4.78, 5) is 12.7. The van der Waals surface area contributed by atoms with E-state index >= 15 is 0 Å². The van der Waals surface area contributed by atoms with Gasteiger partial charge in [0.15, 0.2) is 0 Å². The van der Waals surface area contributed by atoms with Crippen LogP contribution in [-0.2, 0) is 6.54 Å². The van der Waals surface area contributed by atoms with Crippen LogP contribution in [0.15, 0.2) is 97.1 Å². The molecule has 0 bridgehead atoms. The van der Waals surface area contributed by atoms with Crippen LogP contribution in [0.3, 0.4) is 0 Å². The average Bonchev–Trinajstić information content (AvgIpc) is 3.38. The van der Waals surface area contributed by atoms with Gasteiger partial charge in [0.1, 0.15) is 5.75 Å². The Bertz CT molecular complexity index is 1430. The Hall–Kier alpha value is -4.38. The van der Waals surface area contributed by atoms with Crippen LogP contribution in [0.4, 0.5) is 0 Å². The summed E-state index contributed by atoms with van der Waals surface area (Å²) in [5.41, 5.74) is 5.40. The summed E-state index contributed by atoms with van der Waals surface area (Å²) in [5.74, 6) is 0.664. The Kier molecular flexibility index (Phi) is 6.08. The number of nitrogens with zero attached hydrogens (tertiary/aromatic N) is 1. The number of aromatic nitrogens is 2. The van der Waals surface area contributed by atoms with Gasteiger partial charge in [-0.2, -0.15) is 5.10 Å². The minimum Gasteiger partial charge on any atom is -0.494 e. The Morgan fingerprint density at radius 3 is 2.53 bits per heavy atom. The van der Waals surface area contributed by atoms with Crippen molar-refractivity contribution in [2.24, 2.45) is 0 Å². The number of carbonyl (C=O) groups is 1. The molecule has 0 saturated carbocycles. The predicted molar refractivity (Wildman–Crippen MR) is 136 cm³/mol. The van der Waals surface area contributed by atoms with Crippen LogP contribution >= 0.6 is 0 Å². The quantitative estimate of drug-likeness (QED) is 0.311. The van der Waals surface area contributed by atoms with Gasteiger partial charge in [-0.05, 0) is 42.0 Å². The van der Waals surface area contributed by atoms with Crippen LogP contribution in [0.2, 0.25) is 0 Å². The Labute approximate surface area is 198 Å². The van der Waals surface area contributed by atoms with Gasteiger partial charge in [-0.25, -0.2) is 0 Å². The van der Waals surface area contributed by atoms with Gasteiger partial charge in [0.05, 0.1) is 18.0 Å². The standard InChI is InChI=1S/C29H25N3O2/c1-2-34-28-13-6-4-9-23(28)19-30-29(33)22-16-14-21(15-17-22)26-18-27(32-31-26)25-12-7-10-20-8-3-5-11-24(20)25/h3-18H,2,19H2,1H3,(H,30,33)(H,31,32). The van der Waals surface area contributed by atoms with Crippen molar-refractivity contribution >= 4 is 16.7 Å². The van der Waals surface area contributed by atoms with E-state index in [4.69, 9.17) is 4.74 Å². The largest absolute Gasteiger partial charge is 0.494 e. The van der Waals surface area contributed by atoms with Crippen molar-refractivity contribution in [3.63, 3.8) is 0 Å². The second-order valence-electron chi connectivity index (χ2n) is 7.99. The van der Waals surface area contributed by atoms with Gasteiger partial charge in [0, 0.05) is 28.8 Å². The smallest absolute Gasteiger partial charge is 0.251 e. The SMILES string of the molecule is CCOc1ccccc1CNC(=O)c1ccc(-c2cc(-c3cccc4ccccc34)[nH]n2)cc1. The maximum atomic E-state index is 12.7. The van der Waals surface area contributed by atoms with Crippen LogP contribution in [0, 0.1) is 0 Å². The first-order valence-corrected chi connectivity index (χ1v) is 11.4. The topological polar surface area (TPSA) is 67.0 Å². The molecular formula is C29H25N3O2. The fraction of sp³-hybridized carbons (Fsp3) is 0.103. The molecule has 2 N–H and O–H groups in total. The highest BCUT2D eigenvalue weighted by atomic mass is 16.5. The maximum Gasteiger partial charge on any atom is 0.251 e. The van der Waals surface area contributed by atoms with E-state index in [1.54, 1.807) is 0 Å². The lowest BCUT2D eigenvalue weighted by atomic mass is 10.0. The Balaban J connectivity index is 1.30. The summed E-state index contributed by atoms with van der Waals surface area (Å²) in [6, 6.07) is 31.8. The third-order valence-electron chi connectivity index (χ3n) is 5.81. The van der Waals surface area contributed by atoms with Gasteiger partial charge in [0.25, 0.3) is 5.91 Å². The van der Waals surface area contributed by atoms with Crippen molar-refractivity contribution in [1.29, 1.82) is 0 Å². The van der Waals surface area contributed by atoms with Crippen molar-refractivity contribution < 1.29 is 9.53 Å². The molecule has 0 aliphatic carbocycles. The predicted octanol–water partition coefficient (Wildman–Crippen LogP) is 6.23. The molecule has 0 spiro atoms. The molecule has 0 aliphatic rings. The highest BCUT2D eigenvalue weighted by Crippen LogP contribution is 2.30. The van der Waals surface area contributed by atoms with Gasteiger partial charge in [-0.15, -0.1) is 0 Å². The molecule has 0 fully saturated rings. The number of rotatable bonds is 7. The van der Waals surface area contributed by atoms with E-state index in [1.807, 2.05) is 73.7 Å². The normalized spacial score (nSPS) is 10.9. The lowest BCUT2D eigenvalue weighted by Crippen LogP contribution is -2.23. The van der Waals surface area contributed by atoms with E-state index < -0.39 is 0 Å². The molecule has 1 aromatic heterocycles. The lowest BCUT2D eigenvalue weighted by Gasteiger charge is -2.11. The number of benzene rings is 4. The zero-order valence-electron chi connectivity index (χ0n) is 18.9.